The first-order chi connectivity index (χ1) is 10.2. The van der Waals surface area contributed by atoms with Crippen molar-refractivity contribution < 1.29 is 9.90 Å². The predicted octanol–water partition coefficient (Wildman–Crippen LogP) is 0.933. The highest BCUT2D eigenvalue weighted by Crippen LogP contribution is 2.24. The van der Waals surface area contributed by atoms with Crippen molar-refractivity contribution in [2.45, 2.75) is 44.4 Å². The van der Waals surface area contributed by atoms with Gasteiger partial charge in [0, 0.05) is 25.0 Å². The Morgan fingerprint density at radius 2 is 2.14 bits per heavy atom. The van der Waals surface area contributed by atoms with Crippen LogP contribution in [0.2, 0.25) is 0 Å². The molecule has 2 fully saturated rings. The zero-order chi connectivity index (χ0) is 14.7. The van der Waals surface area contributed by atoms with Crippen LogP contribution in [0.4, 0.5) is 0 Å². The Morgan fingerprint density at radius 3 is 2.76 bits per heavy atom. The smallest absolute Gasteiger partial charge is 0.249 e. The second-order valence-corrected chi connectivity index (χ2v) is 6.20. The van der Waals surface area contributed by atoms with E-state index in [0.29, 0.717) is 6.04 Å². The van der Waals surface area contributed by atoms with Crippen LogP contribution in [0.5, 0.6) is 0 Å². The molecule has 0 bridgehead atoms. The number of hydrogen-bond donors (Lipinski definition) is 2. The van der Waals surface area contributed by atoms with Crippen molar-refractivity contribution in [3.05, 3.63) is 30.1 Å². The standard InChI is InChI=1S/C16H23N3O2/c20-15(16(21)18-14-3-4-14)13-5-8-19(9-6-13)11-12-2-1-7-17-10-12/h1-2,7,10,13-15,20H,3-6,8-9,11H2,(H,18,21)/t15-/m0/s1. The minimum absolute atomic E-state index is 0.0916. The molecule has 1 saturated carbocycles. The number of aliphatic hydroxyl groups excluding tert-OH is 1. The van der Waals surface area contributed by atoms with Gasteiger partial charge in [-0.15, -0.1) is 0 Å². The number of aromatic nitrogens is 1. The zero-order valence-electron chi connectivity index (χ0n) is 12.2. The quantitative estimate of drug-likeness (QED) is 0.846. The molecule has 1 aliphatic carbocycles. The van der Waals surface area contributed by atoms with Gasteiger partial charge in [0.15, 0.2) is 0 Å². The first-order valence-corrected chi connectivity index (χ1v) is 7.82. The maximum absolute atomic E-state index is 11.9. The Morgan fingerprint density at radius 1 is 1.38 bits per heavy atom. The summed E-state index contributed by atoms with van der Waals surface area (Å²) in [6.45, 7) is 2.74. The summed E-state index contributed by atoms with van der Waals surface area (Å²) in [4.78, 5) is 18.4. The number of nitrogens with one attached hydrogen (secondary N) is 1. The summed E-state index contributed by atoms with van der Waals surface area (Å²) >= 11 is 0. The second kappa shape index (κ2) is 6.54. The fourth-order valence-corrected chi connectivity index (χ4v) is 2.90. The van der Waals surface area contributed by atoms with Crippen LogP contribution in [-0.2, 0) is 11.3 Å². The van der Waals surface area contributed by atoms with Crippen molar-refractivity contribution >= 4 is 5.91 Å². The van der Waals surface area contributed by atoms with Gasteiger partial charge in [0.05, 0.1) is 0 Å². The number of hydrogen-bond acceptors (Lipinski definition) is 4. The van der Waals surface area contributed by atoms with Gasteiger partial charge in [-0.3, -0.25) is 14.7 Å². The van der Waals surface area contributed by atoms with Crippen LogP contribution in [0.1, 0.15) is 31.2 Å². The van der Waals surface area contributed by atoms with E-state index in [2.05, 4.69) is 21.3 Å². The summed E-state index contributed by atoms with van der Waals surface area (Å²) in [5, 5.41) is 13.0. The molecule has 1 saturated heterocycles. The highest BCUT2D eigenvalue weighted by Gasteiger charge is 2.32. The Bertz CT molecular complexity index is 468. The molecule has 0 aromatic carbocycles. The number of nitrogens with zero attached hydrogens (tertiary/aromatic N) is 2. The average molecular weight is 289 g/mol. The van der Waals surface area contributed by atoms with Crippen molar-refractivity contribution in [1.82, 2.24) is 15.2 Å². The number of pyridine rings is 1. The maximum Gasteiger partial charge on any atom is 0.249 e. The van der Waals surface area contributed by atoms with Crippen molar-refractivity contribution in [2.75, 3.05) is 13.1 Å². The molecular formula is C16H23N3O2. The minimum atomic E-state index is -0.842. The lowest BCUT2D eigenvalue weighted by atomic mass is 9.90. The van der Waals surface area contributed by atoms with E-state index >= 15 is 0 Å². The van der Waals surface area contributed by atoms with E-state index in [1.54, 1.807) is 6.20 Å². The van der Waals surface area contributed by atoms with Crippen molar-refractivity contribution in [3.63, 3.8) is 0 Å². The number of amides is 1. The summed E-state index contributed by atoms with van der Waals surface area (Å²) in [6, 6.07) is 4.35. The molecule has 1 aliphatic heterocycles. The molecule has 5 heteroatoms. The molecule has 1 aromatic rings. The van der Waals surface area contributed by atoms with E-state index in [9.17, 15) is 9.90 Å². The van der Waals surface area contributed by atoms with Crippen LogP contribution in [0.3, 0.4) is 0 Å². The largest absolute Gasteiger partial charge is 0.383 e. The Hall–Kier alpha value is -1.46. The Balaban J connectivity index is 1.44. The molecule has 114 valence electrons. The van der Waals surface area contributed by atoms with E-state index in [-0.39, 0.29) is 11.8 Å². The normalized spacial score (nSPS) is 22.0. The third kappa shape index (κ3) is 4.02. The van der Waals surface area contributed by atoms with Gasteiger partial charge in [0.2, 0.25) is 5.91 Å². The fraction of sp³-hybridized carbons (Fsp3) is 0.625. The van der Waals surface area contributed by atoms with Gasteiger partial charge in [0.1, 0.15) is 6.10 Å². The number of carbonyl (C=O) groups excluding carboxylic acids is 1. The van der Waals surface area contributed by atoms with Gasteiger partial charge in [-0.1, -0.05) is 6.07 Å². The van der Waals surface area contributed by atoms with E-state index < -0.39 is 6.10 Å². The summed E-state index contributed by atoms with van der Waals surface area (Å²) in [6.07, 6.45) is 6.70. The lowest BCUT2D eigenvalue weighted by Gasteiger charge is -2.33. The van der Waals surface area contributed by atoms with Gasteiger partial charge >= 0.3 is 0 Å². The van der Waals surface area contributed by atoms with Crippen LogP contribution in [-0.4, -0.2) is 46.1 Å². The first kappa shape index (κ1) is 14.5. The Kier molecular flexibility index (Phi) is 4.51. The zero-order valence-corrected chi connectivity index (χ0v) is 12.2. The molecule has 1 atom stereocenters. The topological polar surface area (TPSA) is 65.5 Å². The molecule has 0 radical (unpaired) electrons. The molecule has 2 aliphatic rings. The molecular weight excluding hydrogens is 266 g/mol. The van der Waals surface area contributed by atoms with Crippen LogP contribution in [0, 0.1) is 5.92 Å². The van der Waals surface area contributed by atoms with Crippen molar-refractivity contribution in [1.29, 1.82) is 0 Å². The van der Waals surface area contributed by atoms with Crippen LogP contribution in [0.15, 0.2) is 24.5 Å². The monoisotopic (exact) mass is 289 g/mol. The van der Waals surface area contributed by atoms with Gasteiger partial charge < -0.3 is 10.4 Å². The summed E-state index contributed by atoms with van der Waals surface area (Å²) in [7, 11) is 0. The van der Waals surface area contributed by atoms with Crippen molar-refractivity contribution in [2.24, 2.45) is 5.92 Å². The number of piperidine rings is 1. The lowest BCUT2D eigenvalue weighted by Crippen LogP contribution is -2.44. The fourth-order valence-electron chi connectivity index (χ4n) is 2.90. The lowest BCUT2D eigenvalue weighted by molar-refractivity contribution is -0.133. The van der Waals surface area contributed by atoms with Crippen LogP contribution < -0.4 is 5.32 Å². The average Bonchev–Trinajstić information content (AvgIpc) is 3.32. The summed E-state index contributed by atoms with van der Waals surface area (Å²) in [5.41, 5.74) is 1.21. The summed E-state index contributed by atoms with van der Waals surface area (Å²) in [5.74, 6) is -0.0860. The maximum atomic E-state index is 11.9. The predicted molar refractivity (Wildman–Crippen MR) is 79.4 cm³/mol. The Labute approximate surface area is 125 Å². The van der Waals surface area contributed by atoms with E-state index in [1.807, 2.05) is 12.3 Å². The molecule has 0 unspecified atom stereocenters. The van der Waals surface area contributed by atoms with Gasteiger partial charge in [-0.2, -0.15) is 0 Å². The first-order valence-electron chi connectivity index (χ1n) is 7.82. The van der Waals surface area contributed by atoms with E-state index in [1.165, 1.54) is 5.56 Å². The van der Waals surface area contributed by atoms with Crippen LogP contribution >= 0.6 is 0 Å². The molecule has 3 rings (SSSR count). The SMILES string of the molecule is O=C(NC1CC1)[C@@H](O)C1CCN(Cc2cccnc2)CC1. The molecule has 0 spiro atoms. The number of likely N-dealkylation sites (tertiary alicyclic amines) is 1. The van der Waals surface area contributed by atoms with E-state index in [0.717, 1.165) is 45.3 Å². The highest BCUT2D eigenvalue weighted by atomic mass is 16.3. The van der Waals surface area contributed by atoms with Gasteiger partial charge in [-0.25, -0.2) is 0 Å². The van der Waals surface area contributed by atoms with Crippen molar-refractivity contribution in [3.8, 4) is 0 Å². The molecule has 1 aromatic heterocycles. The molecule has 5 nitrogen and oxygen atoms in total. The number of aliphatic hydroxyl groups is 1. The molecule has 21 heavy (non-hydrogen) atoms. The third-order valence-corrected chi connectivity index (χ3v) is 4.40. The minimum Gasteiger partial charge on any atom is -0.383 e. The van der Waals surface area contributed by atoms with Gasteiger partial charge in [0.25, 0.3) is 0 Å². The molecule has 1 amide bonds. The van der Waals surface area contributed by atoms with Gasteiger partial charge in [-0.05, 0) is 56.3 Å². The highest BCUT2D eigenvalue weighted by molar-refractivity contribution is 5.81. The second-order valence-electron chi connectivity index (χ2n) is 6.20. The molecule has 2 N–H and O–H groups in total. The number of rotatable bonds is 5. The van der Waals surface area contributed by atoms with E-state index in [4.69, 9.17) is 0 Å². The summed E-state index contributed by atoms with van der Waals surface area (Å²) < 4.78 is 0. The van der Waals surface area contributed by atoms with Crippen LogP contribution in [0.25, 0.3) is 0 Å². The number of carbonyl (C=O) groups is 1. The molecule has 2 heterocycles. The third-order valence-electron chi connectivity index (χ3n) is 4.40.